The maximum atomic E-state index is 11.4. The summed E-state index contributed by atoms with van der Waals surface area (Å²) in [5.41, 5.74) is 0. The van der Waals surface area contributed by atoms with Crippen LogP contribution in [-0.2, 0) is 9.84 Å². The minimum atomic E-state index is -2.90. The molecule has 17 heavy (non-hydrogen) atoms. The van der Waals surface area contributed by atoms with E-state index in [-0.39, 0.29) is 17.5 Å². The highest BCUT2D eigenvalue weighted by Crippen LogP contribution is 2.31. The number of nitrogens with zero attached hydrogens (tertiary/aromatic N) is 3. The average Bonchev–Trinajstić information content (AvgIpc) is 2.62. The van der Waals surface area contributed by atoms with E-state index in [9.17, 15) is 8.42 Å². The number of sulfone groups is 1. The molecule has 2 heterocycles. The first-order valence-corrected chi connectivity index (χ1v) is 7.99. The lowest BCUT2D eigenvalue weighted by molar-refractivity contribution is 0.600. The normalized spacial score (nSPS) is 22.6. The summed E-state index contributed by atoms with van der Waals surface area (Å²) in [6.07, 6.45) is 1.98. The van der Waals surface area contributed by atoms with Gasteiger partial charge in [-0.3, -0.25) is 0 Å². The van der Waals surface area contributed by atoms with Crippen LogP contribution in [0.15, 0.2) is 10.8 Å². The van der Waals surface area contributed by atoms with Crippen molar-refractivity contribution in [2.45, 2.75) is 12.5 Å². The predicted molar refractivity (Wildman–Crippen MR) is 70.2 cm³/mol. The van der Waals surface area contributed by atoms with Gasteiger partial charge in [0.2, 0.25) is 0 Å². The third kappa shape index (κ3) is 2.71. The van der Waals surface area contributed by atoms with Gasteiger partial charge in [0.15, 0.2) is 9.84 Å². The van der Waals surface area contributed by atoms with Gasteiger partial charge >= 0.3 is 0 Å². The molecule has 0 N–H and O–H groups in total. The molecule has 1 aliphatic heterocycles. The highest BCUT2D eigenvalue weighted by atomic mass is 79.9. The van der Waals surface area contributed by atoms with Gasteiger partial charge in [-0.25, -0.2) is 18.4 Å². The largest absolute Gasteiger partial charge is 0.355 e. The first-order chi connectivity index (χ1) is 7.91. The second kappa shape index (κ2) is 4.70. The highest BCUT2D eigenvalue weighted by molar-refractivity contribution is 9.10. The SMILES string of the molecule is CN(c1ncnc(Cl)c1Br)C1CCS(=O)(=O)C1. The summed E-state index contributed by atoms with van der Waals surface area (Å²) in [4.78, 5) is 9.80. The Morgan fingerprint density at radius 2 is 2.24 bits per heavy atom. The van der Waals surface area contributed by atoms with Gasteiger partial charge in [0, 0.05) is 13.1 Å². The van der Waals surface area contributed by atoms with E-state index in [0.29, 0.717) is 21.9 Å². The number of aromatic nitrogens is 2. The molecule has 1 unspecified atom stereocenters. The summed E-state index contributed by atoms with van der Waals surface area (Å²) in [6.45, 7) is 0. The third-order valence-corrected chi connectivity index (χ3v) is 5.81. The van der Waals surface area contributed by atoms with Gasteiger partial charge in [-0.05, 0) is 22.4 Å². The summed E-state index contributed by atoms with van der Waals surface area (Å²) >= 11 is 9.19. The van der Waals surface area contributed by atoms with Crippen LogP contribution in [0.1, 0.15) is 6.42 Å². The minimum Gasteiger partial charge on any atom is -0.355 e. The van der Waals surface area contributed by atoms with Crippen molar-refractivity contribution in [2.24, 2.45) is 0 Å². The number of anilines is 1. The van der Waals surface area contributed by atoms with Crippen molar-refractivity contribution < 1.29 is 8.42 Å². The number of hydrogen-bond acceptors (Lipinski definition) is 5. The first-order valence-electron chi connectivity index (χ1n) is 5.00. The molecule has 1 fully saturated rings. The van der Waals surface area contributed by atoms with Gasteiger partial charge in [0.05, 0.1) is 16.0 Å². The maximum absolute atomic E-state index is 11.4. The molecule has 1 aromatic heterocycles. The number of rotatable bonds is 2. The second-order valence-corrected chi connectivity index (χ2v) is 7.35. The van der Waals surface area contributed by atoms with E-state index in [1.165, 1.54) is 6.33 Å². The van der Waals surface area contributed by atoms with Crippen LogP contribution in [0.25, 0.3) is 0 Å². The van der Waals surface area contributed by atoms with Crippen LogP contribution >= 0.6 is 27.5 Å². The monoisotopic (exact) mass is 339 g/mol. The Kier molecular flexibility index (Phi) is 3.61. The van der Waals surface area contributed by atoms with Crippen LogP contribution in [0.5, 0.6) is 0 Å². The molecule has 0 spiro atoms. The highest BCUT2D eigenvalue weighted by Gasteiger charge is 2.32. The van der Waals surface area contributed by atoms with Crippen molar-refractivity contribution in [1.29, 1.82) is 0 Å². The topological polar surface area (TPSA) is 63.2 Å². The van der Waals surface area contributed by atoms with Crippen molar-refractivity contribution in [3.63, 3.8) is 0 Å². The number of halogens is 2. The molecule has 0 saturated carbocycles. The van der Waals surface area contributed by atoms with Crippen LogP contribution in [0.2, 0.25) is 5.15 Å². The van der Waals surface area contributed by atoms with E-state index < -0.39 is 9.84 Å². The predicted octanol–water partition coefficient (Wildman–Crippen LogP) is 1.52. The Hall–Kier alpha value is -0.400. The lowest BCUT2D eigenvalue weighted by Crippen LogP contribution is -2.33. The van der Waals surface area contributed by atoms with Crippen LogP contribution in [0.4, 0.5) is 5.82 Å². The average molecular weight is 341 g/mol. The molecular weight excluding hydrogens is 330 g/mol. The van der Waals surface area contributed by atoms with E-state index in [0.717, 1.165) is 0 Å². The van der Waals surface area contributed by atoms with Crippen LogP contribution in [-0.4, -0.2) is 43.0 Å². The molecule has 2 rings (SSSR count). The van der Waals surface area contributed by atoms with E-state index in [1.807, 2.05) is 11.9 Å². The van der Waals surface area contributed by atoms with Crippen molar-refractivity contribution in [2.75, 3.05) is 23.5 Å². The summed E-state index contributed by atoms with van der Waals surface area (Å²) in [5, 5.41) is 0.322. The van der Waals surface area contributed by atoms with Crippen LogP contribution in [0, 0.1) is 0 Å². The van der Waals surface area contributed by atoms with Crippen molar-refractivity contribution in [3.8, 4) is 0 Å². The quantitative estimate of drug-likeness (QED) is 0.764. The molecule has 1 aromatic rings. The molecule has 0 amide bonds. The Morgan fingerprint density at radius 1 is 1.53 bits per heavy atom. The first kappa shape index (κ1) is 13.0. The Balaban J connectivity index is 2.26. The van der Waals surface area contributed by atoms with Gasteiger partial charge in [0.1, 0.15) is 17.3 Å². The molecule has 8 heteroatoms. The molecule has 0 radical (unpaired) electrons. The minimum absolute atomic E-state index is 0.0535. The van der Waals surface area contributed by atoms with E-state index >= 15 is 0 Å². The fourth-order valence-electron chi connectivity index (χ4n) is 1.84. The third-order valence-electron chi connectivity index (χ3n) is 2.82. The molecule has 0 bridgehead atoms. The Morgan fingerprint density at radius 3 is 2.82 bits per heavy atom. The summed E-state index contributed by atoms with van der Waals surface area (Å²) in [6, 6.07) is -0.0535. The van der Waals surface area contributed by atoms with Crippen molar-refractivity contribution >= 4 is 43.2 Å². The molecule has 1 saturated heterocycles. The zero-order valence-corrected chi connectivity index (χ0v) is 12.3. The lowest BCUT2D eigenvalue weighted by Gasteiger charge is -2.25. The molecule has 0 aromatic carbocycles. The van der Waals surface area contributed by atoms with Gasteiger partial charge < -0.3 is 4.90 Å². The molecule has 0 aliphatic carbocycles. The summed E-state index contributed by atoms with van der Waals surface area (Å²) < 4.78 is 23.5. The molecule has 1 aliphatic rings. The van der Waals surface area contributed by atoms with Gasteiger partial charge in [-0.2, -0.15) is 0 Å². The molecule has 1 atom stereocenters. The number of hydrogen-bond donors (Lipinski definition) is 0. The van der Waals surface area contributed by atoms with Gasteiger partial charge in [-0.1, -0.05) is 11.6 Å². The van der Waals surface area contributed by atoms with Crippen LogP contribution in [0.3, 0.4) is 0 Å². The maximum Gasteiger partial charge on any atom is 0.152 e. The van der Waals surface area contributed by atoms with Gasteiger partial charge in [0.25, 0.3) is 0 Å². The Labute approximate surface area is 113 Å². The zero-order chi connectivity index (χ0) is 12.6. The lowest BCUT2D eigenvalue weighted by atomic mass is 10.2. The molecule has 94 valence electrons. The van der Waals surface area contributed by atoms with E-state index in [2.05, 4.69) is 25.9 Å². The second-order valence-electron chi connectivity index (χ2n) is 3.97. The molecular formula is C9H11BrClN3O2S. The zero-order valence-electron chi connectivity index (χ0n) is 9.10. The standard InChI is InChI=1S/C9H11BrClN3O2S/c1-14(6-2-3-17(15,16)4-6)9-7(10)8(11)12-5-13-9/h5-6H,2-4H2,1H3. The van der Waals surface area contributed by atoms with Crippen molar-refractivity contribution in [1.82, 2.24) is 9.97 Å². The smallest absolute Gasteiger partial charge is 0.152 e. The van der Waals surface area contributed by atoms with Gasteiger partial charge in [-0.15, -0.1) is 0 Å². The summed E-state index contributed by atoms with van der Waals surface area (Å²) in [5.74, 6) is 1.02. The molecule has 5 nitrogen and oxygen atoms in total. The van der Waals surface area contributed by atoms with Crippen LogP contribution < -0.4 is 4.90 Å². The fraction of sp³-hybridized carbons (Fsp3) is 0.556. The Bertz CT molecular complexity index is 537. The van der Waals surface area contributed by atoms with E-state index in [1.54, 1.807) is 0 Å². The van der Waals surface area contributed by atoms with Crippen molar-refractivity contribution in [3.05, 3.63) is 16.0 Å². The fourth-order valence-corrected chi connectivity index (χ4v) is 4.23. The van der Waals surface area contributed by atoms with E-state index in [4.69, 9.17) is 11.6 Å². The summed E-state index contributed by atoms with van der Waals surface area (Å²) in [7, 11) is -1.09.